The number of alkyl halides is 3. The lowest BCUT2D eigenvalue weighted by molar-refractivity contribution is -0.137. The van der Waals surface area contributed by atoms with Crippen molar-refractivity contribution in [2.24, 2.45) is 5.73 Å². The first kappa shape index (κ1) is 34.1. The SMILES string of the molecule is COC(=O)c1cc(F)c(NCCCNCCCCNCCCN)cc1NC(=O)OCc1cccc(C(F)(F)F)c1Cl. The largest absolute Gasteiger partial charge is 0.465 e. The molecule has 0 saturated carbocycles. The zero-order valence-corrected chi connectivity index (χ0v) is 23.5. The number of hydrogen-bond acceptors (Lipinski definition) is 8. The second-order valence-corrected chi connectivity index (χ2v) is 9.35. The Labute approximate surface area is 241 Å². The monoisotopic (exact) mass is 605 g/mol. The van der Waals surface area contributed by atoms with Gasteiger partial charge in [-0.15, -0.1) is 0 Å². The van der Waals surface area contributed by atoms with Gasteiger partial charge in [-0.3, -0.25) is 5.32 Å². The summed E-state index contributed by atoms with van der Waals surface area (Å²) in [5.41, 5.74) is 3.95. The molecule has 0 radical (unpaired) electrons. The fraction of sp³-hybridized carbons (Fsp3) is 0.481. The third kappa shape index (κ3) is 11.7. The van der Waals surface area contributed by atoms with E-state index in [0.717, 1.165) is 64.2 Å². The Morgan fingerprint density at radius 2 is 1.61 bits per heavy atom. The summed E-state index contributed by atoms with van der Waals surface area (Å²) in [5.74, 6) is -1.65. The first-order chi connectivity index (χ1) is 19.6. The second-order valence-electron chi connectivity index (χ2n) is 8.98. The molecule has 0 spiro atoms. The van der Waals surface area contributed by atoms with Crippen LogP contribution in [-0.4, -0.2) is 58.4 Å². The minimum Gasteiger partial charge on any atom is -0.465 e. The number of esters is 1. The molecule has 0 atom stereocenters. The van der Waals surface area contributed by atoms with Crippen molar-refractivity contribution in [1.29, 1.82) is 0 Å². The molecule has 228 valence electrons. The highest BCUT2D eigenvalue weighted by Gasteiger charge is 2.34. The Morgan fingerprint density at radius 3 is 2.24 bits per heavy atom. The molecule has 2 rings (SSSR count). The van der Waals surface area contributed by atoms with E-state index in [1.807, 2.05) is 0 Å². The van der Waals surface area contributed by atoms with E-state index in [9.17, 15) is 27.2 Å². The summed E-state index contributed by atoms with van der Waals surface area (Å²) in [6, 6.07) is 5.35. The first-order valence-corrected chi connectivity index (χ1v) is 13.5. The van der Waals surface area contributed by atoms with Gasteiger partial charge in [-0.05, 0) is 76.6 Å². The van der Waals surface area contributed by atoms with E-state index >= 15 is 0 Å². The van der Waals surface area contributed by atoms with Crippen LogP contribution < -0.4 is 27.0 Å². The summed E-state index contributed by atoms with van der Waals surface area (Å²) < 4.78 is 63.6. The Hall–Kier alpha value is -3.13. The number of carbonyl (C=O) groups excluding carboxylic acids is 2. The number of methoxy groups -OCH3 is 1. The molecule has 0 fully saturated rings. The Kier molecular flexibility index (Phi) is 14.7. The molecule has 0 aliphatic rings. The zero-order valence-electron chi connectivity index (χ0n) is 22.8. The van der Waals surface area contributed by atoms with Gasteiger partial charge in [-0.25, -0.2) is 14.0 Å². The predicted molar refractivity (Wildman–Crippen MR) is 150 cm³/mol. The number of hydrogen-bond donors (Lipinski definition) is 5. The van der Waals surface area contributed by atoms with Gasteiger partial charge in [0.05, 0.1) is 34.6 Å². The van der Waals surface area contributed by atoms with Crippen LogP contribution in [0.25, 0.3) is 0 Å². The fourth-order valence-corrected chi connectivity index (χ4v) is 3.99. The Morgan fingerprint density at radius 1 is 0.951 bits per heavy atom. The molecule has 0 heterocycles. The molecule has 0 aliphatic carbocycles. The summed E-state index contributed by atoms with van der Waals surface area (Å²) in [6.07, 6.45) is -2.09. The second kappa shape index (κ2) is 17.6. The number of rotatable bonds is 17. The van der Waals surface area contributed by atoms with Crippen LogP contribution in [0.2, 0.25) is 5.02 Å². The molecule has 6 N–H and O–H groups in total. The van der Waals surface area contributed by atoms with Gasteiger partial charge < -0.3 is 31.2 Å². The topological polar surface area (TPSA) is 127 Å². The number of nitrogens with one attached hydrogen (secondary N) is 4. The number of unbranched alkanes of at least 4 members (excludes halogenated alkanes) is 1. The highest BCUT2D eigenvalue weighted by atomic mass is 35.5. The molecule has 0 unspecified atom stereocenters. The van der Waals surface area contributed by atoms with Gasteiger partial charge in [0.25, 0.3) is 0 Å². The number of anilines is 2. The number of amides is 1. The third-order valence-corrected chi connectivity index (χ3v) is 6.30. The molecule has 0 aliphatic heterocycles. The van der Waals surface area contributed by atoms with Crippen molar-refractivity contribution >= 4 is 35.0 Å². The molecule has 1 amide bonds. The fourth-order valence-electron chi connectivity index (χ4n) is 3.70. The number of carbonyl (C=O) groups is 2. The maximum Gasteiger partial charge on any atom is 0.417 e. The predicted octanol–water partition coefficient (Wildman–Crippen LogP) is 5.14. The smallest absolute Gasteiger partial charge is 0.417 e. The van der Waals surface area contributed by atoms with Crippen LogP contribution in [0.5, 0.6) is 0 Å². The van der Waals surface area contributed by atoms with Crippen molar-refractivity contribution in [3.8, 4) is 0 Å². The van der Waals surface area contributed by atoms with E-state index < -0.39 is 41.2 Å². The van der Waals surface area contributed by atoms with Gasteiger partial charge in [0.2, 0.25) is 0 Å². The quantitative estimate of drug-likeness (QED) is 0.0953. The first-order valence-electron chi connectivity index (χ1n) is 13.1. The van der Waals surface area contributed by atoms with Crippen LogP contribution in [0, 0.1) is 5.82 Å². The van der Waals surface area contributed by atoms with Crippen LogP contribution in [0.1, 0.15) is 47.2 Å². The molecule has 9 nitrogen and oxygen atoms in total. The lowest BCUT2D eigenvalue weighted by Gasteiger charge is -2.15. The zero-order chi connectivity index (χ0) is 30.3. The number of nitrogens with two attached hydrogens (primary N) is 1. The molecule has 41 heavy (non-hydrogen) atoms. The Balaban J connectivity index is 1.90. The van der Waals surface area contributed by atoms with E-state index in [4.69, 9.17) is 22.1 Å². The summed E-state index contributed by atoms with van der Waals surface area (Å²) in [6.45, 7) is 3.90. The van der Waals surface area contributed by atoms with Gasteiger partial charge >= 0.3 is 18.2 Å². The van der Waals surface area contributed by atoms with E-state index in [1.165, 1.54) is 12.1 Å². The van der Waals surface area contributed by atoms with E-state index in [0.29, 0.717) is 26.1 Å². The summed E-state index contributed by atoms with van der Waals surface area (Å²) in [4.78, 5) is 24.6. The lowest BCUT2D eigenvalue weighted by Crippen LogP contribution is -2.22. The average molecular weight is 606 g/mol. The van der Waals surface area contributed by atoms with Gasteiger partial charge in [0, 0.05) is 12.1 Å². The molecule has 14 heteroatoms. The van der Waals surface area contributed by atoms with Gasteiger partial charge in [0.1, 0.15) is 12.4 Å². The summed E-state index contributed by atoms with van der Waals surface area (Å²) in [7, 11) is 1.09. The van der Waals surface area contributed by atoms with Crippen molar-refractivity contribution in [3.05, 3.63) is 57.9 Å². The standard InChI is InChI=1S/C27H36ClF4N5O4/c1-40-25(38)19-15-21(29)23(36-14-6-13-35-11-3-2-10-34-12-5-9-33)16-22(19)37-26(39)41-17-18-7-4-8-20(24(18)28)27(30,31)32/h4,7-8,15-16,34-36H,2-3,5-6,9-14,17,33H2,1H3,(H,37,39). The van der Waals surface area contributed by atoms with Gasteiger partial charge in [-0.2, -0.15) is 13.2 Å². The van der Waals surface area contributed by atoms with Crippen molar-refractivity contribution in [2.75, 3.05) is 57.0 Å². The highest BCUT2D eigenvalue weighted by Crippen LogP contribution is 2.36. The van der Waals surface area contributed by atoms with E-state index in [-0.39, 0.29) is 22.5 Å². The number of halogens is 5. The maximum atomic E-state index is 14.7. The maximum absolute atomic E-state index is 14.7. The van der Waals surface area contributed by atoms with Gasteiger partial charge in [-0.1, -0.05) is 23.7 Å². The van der Waals surface area contributed by atoms with Crippen molar-refractivity contribution < 1.29 is 36.6 Å². The summed E-state index contributed by atoms with van der Waals surface area (Å²) >= 11 is 5.83. The average Bonchev–Trinajstić information content (AvgIpc) is 2.93. The minimum atomic E-state index is -4.68. The van der Waals surface area contributed by atoms with Crippen molar-refractivity contribution in [2.45, 2.75) is 38.5 Å². The van der Waals surface area contributed by atoms with Crippen LogP contribution in [0.4, 0.5) is 33.7 Å². The van der Waals surface area contributed by atoms with Crippen LogP contribution >= 0.6 is 11.6 Å². The molecule has 0 bridgehead atoms. The van der Waals surface area contributed by atoms with Gasteiger partial charge in [0.15, 0.2) is 0 Å². The summed E-state index contributed by atoms with van der Waals surface area (Å²) in [5, 5.41) is 11.3. The molecule has 0 aromatic heterocycles. The molecular weight excluding hydrogens is 570 g/mol. The van der Waals surface area contributed by atoms with E-state index in [2.05, 4.69) is 26.0 Å². The molecule has 2 aromatic rings. The Bertz CT molecular complexity index is 1140. The normalized spacial score (nSPS) is 11.3. The number of benzene rings is 2. The lowest BCUT2D eigenvalue weighted by atomic mass is 10.1. The van der Waals surface area contributed by atoms with Crippen LogP contribution in [-0.2, 0) is 22.3 Å². The molecule has 2 aromatic carbocycles. The minimum absolute atomic E-state index is 0.0254. The highest BCUT2D eigenvalue weighted by molar-refractivity contribution is 6.32. The molecular formula is C27H36ClF4N5O4. The molecule has 0 saturated heterocycles. The van der Waals surface area contributed by atoms with Crippen molar-refractivity contribution in [3.63, 3.8) is 0 Å². The van der Waals surface area contributed by atoms with Crippen LogP contribution in [0.15, 0.2) is 30.3 Å². The van der Waals surface area contributed by atoms with E-state index in [1.54, 1.807) is 0 Å². The third-order valence-electron chi connectivity index (χ3n) is 5.85. The van der Waals surface area contributed by atoms with Crippen molar-refractivity contribution in [1.82, 2.24) is 10.6 Å². The van der Waals surface area contributed by atoms with Crippen LogP contribution in [0.3, 0.4) is 0 Å². The number of ether oxygens (including phenoxy) is 2.